The van der Waals surface area contributed by atoms with Gasteiger partial charge in [0.05, 0.1) is 31.4 Å². The molecule has 0 heterocycles. The summed E-state index contributed by atoms with van der Waals surface area (Å²) in [6.07, 6.45) is 0. The number of nitrogens with zero attached hydrogens (tertiary/aromatic N) is 1. The Morgan fingerprint density at radius 3 is 2.28 bits per heavy atom. The fourth-order valence-electron chi connectivity index (χ4n) is 2.51. The number of nitrogens with one attached hydrogen (secondary N) is 1. The highest BCUT2D eigenvalue weighted by Gasteiger charge is 2.28. The summed E-state index contributed by atoms with van der Waals surface area (Å²) in [4.78, 5) is 12.3. The summed E-state index contributed by atoms with van der Waals surface area (Å²) in [7, 11) is 0.286. The molecule has 0 atom stereocenters. The van der Waals surface area contributed by atoms with E-state index in [1.54, 1.807) is 12.1 Å². The third-order valence-electron chi connectivity index (χ3n) is 3.97. The number of methoxy groups -OCH3 is 3. The van der Waals surface area contributed by atoms with E-state index in [2.05, 4.69) is 5.32 Å². The van der Waals surface area contributed by atoms with Crippen molar-refractivity contribution in [3.8, 4) is 11.5 Å². The monoisotopic (exact) mass is 442 g/mol. The Morgan fingerprint density at radius 1 is 1.03 bits per heavy atom. The lowest BCUT2D eigenvalue weighted by Gasteiger charge is -2.24. The van der Waals surface area contributed by atoms with Gasteiger partial charge >= 0.3 is 0 Å². The van der Waals surface area contributed by atoms with Crippen LogP contribution in [0.25, 0.3) is 0 Å². The number of hydrogen-bond acceptors (Lipinski definition) is 6. The first-order chi connectivity index (χ1) is 13.8. The molecule has 0 bridgehead atoms. The molecule has 0 unspecified atom stereocenters. The van der Waals surface area contributed by atoms with Crippen LogP contribution >= 0.6 is 11.6 Å². The Labute approximate surface area is 175 Å². The van der Waals surface area contributed by atoms with E-state index in [1.807, 2.05) is 0 Å². The largest absolute Gasteiger partial charge is 0.493 e. The van der Waals surface area contributed by atoms with Crippen molar-refractivity contribution >= 4 is 33.2 Å². The van der Waals surface area contributed by atoms with Crippen LogP contribution in [0, 0.1) is 0 Å². The van der Waals surface area contributed by atoms with Gasteiger partial charge in [-0.25, -0.2) is 8.42 Å². The van der Waals surface area contributed by atoms with E-state index in [0.717, 1.165) is 4.31 Å². The molecular formula is C19H23ClN2O6S. The lowest BCUT2D eigenvalue weighted by Crippen LogP contribution is -2.41. The van der Waals surface area contributed by atoms with Gasteiger partial charge in [0.25, 0.3) is 10.0 Å². The SMILES string of the molecule is COCCNC(=O)CN(c1ccc(Cl)cc1)S(=O)(=O)c1ccc(OC)c(OC)c1. The van der Waals surface area contributed by atoms with Crippen molar-refractivity contribution in [2.75, 3.05) is 45.3 Å². The average Bonchev–Trinajstić information content (AvgIpc) is 2.72. The first-order valence-electron chi connectivity index (χ1n) is 8.59. The highest BCUT2D eigenvalue weighted by atomic mass is 35.5. The van der Waals surface area contributed by atoms with Crippen LogP contribution in [0.2, 0.25) is 5.02 Å². The molecule has 0 saturated heterocycles. The number of carbonyl (C=O) groups is 1. The number of rotatable bonds is 10. The topological polar surface area (TPSA) is 94.2 Å². The molecule has 8 nitrogen and oxygen atoms in total. The molecule has 10 heteroatoms. The van der Waals surface area contributed by atoms with Crippen molar-refractivity contribution < 1.29 is 27.4 Å². The summed E-state index contributed by atoms with van der Waals surface area (Å²) in [5.74, 6) is 0.178. The molecular weight excluding hydrogens is 420 g/mol. The minimum atomic E-state index is -4.09. The van der Waals surface area contributed by atoms with Crippen molar-refractivity contribution in [1.29, 1.82) is 0 Å². The van der Waals surface area contributed by atoms with Gasteiger partial charge in [-0.3, -0.25) is 9.10 Å². The molecule has 0 spiro atoms. The smallest absolute Gasteiger partial charge is 0.264 e. The summed E-state index contributed by atoms with van der Waals surface area (Å²) >= 11 is 5.92. The first kappa shape index (κ1) is 22.8. The number of sulfonamides is 1. The fourth-order valence-corrected chi connectivity index (χ4v) is 4.07. The maximum absolute atomic E-state index is 13.3. The molecule has 29 heavy (non-hydrogen) atoms. The van der Waals surface area contributed by atoms with Crippen molar-refractivity contribution in [3.05, 3.63) is 47.5 Å². The van der Waals surface area contributed by atoms with Crippen LogP contribution in [0.3, 0.4) is 0 Å². The molecule has 0 aliphatic rings. The normalized spacial score (nSPS) is 11.0. The molecule has 0 aliphatic heterocycles. The zero-order valence-corrected chi connectivity index (χ0v) is 17.9. The van der Waals surface area contributed by atoms with Gasteiger partial charge in [0.15, 0.2) is 11.5 Å². The summed E-state index contributed by atoms with van der Waals surface area (Å²) in [6, 6.07) is 10.4. The van der Waals surface area contributed by atoms with Crippen LogP contribution in [0.4, 0.5) is 5.69 Å². The average molecular weight is 443 g/mol. The third-order valence-corrected chi connectivity index (χ3v) is 6.00. The molecule has 2 aromatic carbocycles. The molecule has 1 N–H and O–H groups in total. The Balaban J connectivity index is 2.43. The van der Waals surface area contributed by atoms with Gasteiger partial charge in [0.1, 0.15) is 6.54 Å². The Kier molecular flexibility index (Phi) is 8.12. The van der Waals surface area contributed by atoms with Crippen molar-refractivity contribution in [2.24, 2.45) is 0 Å². The van der Waals surface area contributed by atoms with Crippen molar-refractivity contribution in [1.82, 2.24) is 5.32 Å². The molecule has 158 valence electrons. The second kappa shape index (κ2) is 10.3. The second-order valence-electron chi connectivity index (χ2n) is 5.85. The lowest BCUT2D eigenvalue weighted by atomic mass is 10.3. The summed E-state index contributed by atoms with van der Waals surface area (Å²) in [5.41, 5.74) is 0.297. The van der Waals surface area contributed by atoms with Crippen LogP contribution in [0.5, 0.6) is 11.5 Å². The quantitative estimate of drug-likeness (QED) is 0.567. The van der Waals surface area contributed by atoms with Gasteiger partial charge in [-0.1, -0.05) is 11.6 Å². The lowest BCUT2D eigenvalue weighted by molar-refractivity contribution is -0.119. The molecule has 0 radical (unpaired) electrons. The molecule has 2 rings (SSSR count). The number of carbonyl (C=O) groups excluding carboxylic acids is 1. The maximum atomic E-state index is 13.3. The number of hydrogen-bond donors (Lipinski definition) is 1. The van der Waals surface area contributed by atoms with Gasteiger partial charge in [0, 0.05) is 24.7 Å². The molecule has 0 saturated carbocycles. The summed E-state index contributed by atoms with van der Waals surface area (Å²) < 4.78 is 42.9. The zero-order chi connectivity index (χ0) is 21.4. The van der Waals surface area contributed by atoms with Crippen LogP contribution in [0.15, 0.2) is 47.4 Å². The standard InChI is InChI=1S/C19H23ClN2O6S/c1-26-11-10-21-19(23)13-22(15-6-4-14(20)5-7-15)29(24,25)16-8-9-17(27-2)18(12-16)28-3/h4-9,12H,10-11,13H2,1-3H3,(H,21,23). The third kappa shape index (κ3) is 5.75. The minimum absolute atomic E-state index is 0.0465. The van der Waals surface area contributed by atoms with E-state index >= 15 is 0 Å². The van der Waals surface area contributed by atoms with Crippen molar-refractivity contribution in [2.45, 2.75) is 4.90 Å². The van der Waals surface area contributed by atoms with Crippen LogP contribution in [0.1, 0.15) is 0 Å². The maximum Gasteiger partial charge on any atom is 0.264 e. The van der Waals surface area contributed by atoms with Crippen LogP contribution in [-0.2, 0) is 19.6 Å². The number of anilines is 1. The Bertz CT molecular complexity index is 934. The molecule has 0 aromatic heterocycles. The van der Waals surface area contributed by atoms with Crippen LogP contribution < -0.4 is 19.1 Å². The van der Waals surface area contributed by atoms with E-state index in [4.69, 9.17) is 25.8 Å². The van der Waals surface area contributed by atoms with E-state index < -0.39 is 22.5 Å². The van der Waals surface area contributed by atoms with Gasteiger partial charge in [-0.2, -0.15) is 0 Å². The first-order valence-corrected chi connectivity index (χ1v) is 10.4. The number of halogens is 1. The van der Waals surface area contributed by atoms with Gasteiger partial charge < -0.3 is 19.5 Å². The van der Waals surface area contributed by atoms with E-state index in [9.17, 15) is 13.2 Å². The molecule has 1 amide bonds. The zero-order valence-electron chi connectivity index (χ0n) is 16.3. The van der Waals surface area contributed by atoms with Gasteiger partial charge in [-0.05, 0) is 36.4 Å². The van der Waals surface area contributed by atoms with Gasteiger partial charge in [0.2, 0.25) is 5.91 Å². The Morgan fingerprint density at radius 2 is 1.69 bits per heavy atom. The van der Waals surface area contributed by atoms with E-state index in [1.165, 1.54) is 51.7 Å². The number of benzene rings is 2. The number of amides is 1. The predicted octanol–water partition coefficient (Wildman–Crippen LogP) is 2.32. The number of ether oxygens (including phenoxy) is 3. The molecule has 2 aromatic rings. The summed E-state index contributed by atoms with van der Waals surface area (Å²) in [6.45, 7) is 0.164. The highest BCUT2D eigenvalue weighted by molar-refractivity contribution is 7.92. The van der Waals surface area contributed by atoms with Gasteiger partial charge in [-0.15, -0.1) is 0 Å². The van der Waals surface area contributed by atoms with Crippen molar-refractivity contribution in [3.63, 3.8) is 0 Å². The molecule has 0 fully saturated rings. The Hall–Kier alpha value is -2.49. The minimum Gasteiger partial charge on any atom is -0.493 e. The summed E-state index contributed by atoms with van der Waals surface area (Å²) in [5, 5.41) is 3.06. The predicted molar refractivity (Wildman–Crippen MR) is 110 cm³/mol. The highest BCUT2D eigenvalue weighted by Crippen LogP contribution is 2.32. The van der Waals surface area contributed by atoms with Crippen LogP contribution in [-0.4, -0.2) is 55.4 Å². The fraction of sp³-hybridized carbons (Fsp3) is 0.316. The van der Waals surface area contributed by atoms with E-state index in [0.29, 0.717) is 23.1 Å². The molecule has 0 aliphatic carbocycles. The van der Waals surface area contributed by atoms with E-state index in [-0.39, 0.29) is 17.2 Å². The second-order valence-corrected chi connectivity index (χ2v) is 8.15.